The Morgan fingerprint density at radius 3 is 2.12 bits per heavy atom. The highest BCUT2D eigenvalue weighted by molar-refractivity contribution is 6.99. The molecule has 14 heteroatoms. The lowest BCUT2D eigenvalue weighted by Gasteiger charge is -2.45. The van der Waals surface area contributed by atoms with Gasteiger partial charge < -0.3 is 19.0 Å². The third kappa shape index (κ3) is 7.67. The number of carbonyl (C=O) groups is 2. The van der Waals surface area contributed by atoms with Gasteiger partial charge in [-0.2, -0.15) is 13.9 Å². The largest absolute Gasteiger partial charge is 0.435 e. The summed E-state index contributed by atoms with van der Waals surface area (Å²) in [4.78, 5) is 32.1. The molecule has 0 saturated carbocycles. The second kappa shape index (κ2) is 16.3. The highest BCUT2D eigenvalue weighted by atomic mass is 35.5. The molecule has 0 aliphatic carbocycles. The van der Waals surface area contributed by atoms with Crippen LogP contribution in [0.1, 0.15) is 96.4 Å². The Morgan fingerprint density at radius 2 is 1.55 bits per heavy atom. The number of halogens is 5. The Hall–Kier alpha value is -4.98. The van der Waals surface area contributed by atoms with Crippen LogP contribution in [0.25, 0.3) is 0 Å². The quantitative estimate of drug-likeness (QED) is 0.0982. The molecule has 4 aromatic carbocycles. The van der Waals surface area contributed by atoms with Crippen LogP contribution >= 0.6 is 11.6 Å². The van der Waals surface area contributed by atoms with Gasteiger partial charge in [-0.1, -0.05) is 105 Å². The Labute approximate surface area is 341 Å². The summed E-state index contributed by atoms with van der Waals surface area (Å²) in [6.45, 7) is 7.77. The summed E-state index contributed by atoms with van der Waals surface area (Å²) in [7, 11) is -3.04. The molecule has 8 nitrogen and oxygen atoms in total. The topological polar surface area (TPSA) is 76.9 Å². The lowest BCUT2D eigenvalue weighted by atomic mass is 9.96. The number of hydrogen-bond acceptors (Lipinski definition) is 5. The SMILES string of the molecule is C[C@@H]1Cc2nn3c(c2CN1C(=O)c1ccc(Cl)c(C(F)F)c1)C(=O)N([C@@H](C)c1ccc(OC(F)F)cc1)C[C@H]3CO[Si](c1ccccc1)(c1ccccc1)C(C)(C)C. The van der Waals surface area contributed by atoms with E-state index in [1.807, 2.05) is 50.2 Å². The molecule has 2 aliphatic heterocycles. The molecule has 0 radical (unpaired) electrons. The molecule has 7 rings (SSSR count). The maximum Gasteiger partial charge on any atom is 0.387 e. The minimum Gasteiger partial charge on any atom is -0.435 e. The first-order valence-corrected chi connectivity index (χ1v) is 21.5. The van der Waals surface area contributed by atoms with Gasteiger partial charge in [-0.05, 0) is 65.2 Å². The molecule has 1 aromatic heterocycles. The zero-order valence-corrected chi connectivity index (χ0v) is 34.6. The highest BCUT2D eigenvalue weighted by Gasteiger charge is 2.51. The highest BCUT2D eigenvalue weighted by Crippen LogP contribution is 2.40. The van der Waals surface area contributed by atoms with Gasteiger partial charge in [-0.3, -0.25) is 14.3 Å². The van der Waals surface area contributed by atoms with E-state index in [-0.39, 0.29) is 53.0 Å². The molecule has 2 amide bonds. The number of benzene rings is 4. The summed E-state index contributed by atoms with van der Waals surface area (Å²) in [6.07, 6.45) is -2.54. The average molecular weight is 833 g/mol. The van der Waals surface area contributed by atoms with E-state index in [2.05, 4.69) is 49.8 Å². The van der Waals surface area contributed by atoms with Gasteiger partial charge in [0.2, 0.25) is 0 Å². The molecule has 3 heterocycles. The number of rotatable bonds is 11. The number of amides is 2. The van der Waals surface area contributed by atoms with Crippen molar-refractivity contribution in [2.75, 3.05) is 13.2 Å². The molecule has 304 valence electrons. The van der Waals surface area contributed by atoms with Gasteiger partial charge in [0.1, 0.15) is 11.4 Å². The second-order valence-electron chi connectivity index (χ2n) is 16.0. The second-order valence-corrected chi connectivity index (χ2v) is 20.7. The summed E-state index contributed by atoms with van der Waals surface area (Å²) < 4.78 is 67.3. The van der Waals surface area contributed by atoms with Crippen molar-refractivity contribution in [1.82, 2.24) is 19.6 Å². The minimum atomic E-state index is -3.04. The van der Waals surface area contributed by atoms with Crippen LogP contribution in [-0.4, -0.2) is 65.5 Å². The average Bonchev–Trinajstić information content (AvgIpc) is 3.57. The van der Waals surface area contributed by atoms with Crippen LogP contribution in [0.2, 0.25) is 10.1 Å². The zero-order valence-electron chi connectivity index (χ0n) is 32.8. The van der Waals surface area contributed by atoms with Crippen LogP contribution in [0.5, 0.6) is 5.75 Å². The Balaban J connectivity index is 1.30. The number of fused-ring (bicyclic) bond motifs is 3. The molecule has 0 saturated heterocycles. The summed E-state index contributed by atoms with van der Waals surface area (Å²) in [5.74, 6) is -0.785. The van der Waals surface area contributed by atoms with Crippen molar-refractivity contribution < 1.29 is 36.3 Å². The van der Waals surface area contributed by atoms with Gasteiger partial charge in [-0.25, -0.2) is 8.78 Å². The van der Waals surface area contributed by atoms with Crippen molar-refractivity contribution in [2.24, 2.45) is 0 Å². The molecule has 3 atom stereocenters. The van der Waals surface area contributed by atoms with E-state index in [4.69, 9.17) is 21.1 Å². The fourth-order valence-electron chi connectivity index (χ4n) is 8.41. The standard InChI is InChI=1S/C44H45ClF4N4O4Si/c1-27-22-38-36(25-51(27)41(54)30-18-21-37(45)35(23-30)40(46)47)39-42(55)52(28(2)29-16-19-32(20-17-29)57-43(48)49)24-31(53(39)50-38)26-56-58(44(3,4)5,33-12-8-6-9-13-33)34-14-10-7-11-15-34/h6-21,23,27-28,31,40,43H,22,24-26H2,1-5H3/t27-,28+,31+/m1/s1. The van der Waals surface area contributed by atoms with E-state index in [0.717, 1.165) is 16.4 Å². The monoisotopic (exact) mass is 832 g/mol. The predicted molar refractivity (Wildman–Crippen MR) is 217 cm³/mol. The third-order valence-electron chi connectivity index (χ3n) is 11.4. The van der Waals surface area contributed by atoms with Crippen LogP contribution in [0.15, 0.2) is 103 Å². The van der Waals surface area contributed by atoms with Crippen molar-refractivity contribution in [3.8, 4) is 5.75 Å². The van der Waals surface area contributed by atoms with E-state index in [9.17, 15) is 27.2 Å². The van der Waals surface area contributed by atoms with Gasteiger partial charge in [0.05, 0.1) is 30.9 Å². The summed E-state index contributed by atoms with van der Waals surface area (Å²) in [6, 6.07) is 29.2. The normalized spacial score (nSPS) is 17.7. The fourth-order valence-corrected chi connectivity index (χ4v) is 13.2. The molecular weight excluding hydrogens is 788 g/mol. The number of alkyl halides is 4. The van der Waals surface area contributed by atoms with Crippen molar-refractivity contribution in [3.63, 3.8) is 0 Å². The number of ether oxygens (including phenoxy) is 1. The molecule has 0 fully saturated rings. The molecule has 0 unspecified atom stereocenters. The van der Waals surface area contributed by atoms with E-state index in [1.54, 1.807) is 26.6 Å². The first kappa shape index (κ1) is 41.2. The number of carbonyl (C=O) groups excluding carboxylic acids is 2. The molecule has 0 bridgehead atoms. The molecule has 5 aromatic rings. The van der Waals surface area contributed by atoms with Gasteiger partial charge in [-0.15, -0.1) is 0 Å². The van der Waals surface area contributed by atoms with E-state index < -0.39 is 44.9 Å². The lowest BCUT2D eigenvalue weighted by molar-refractivity contribution is -0.0498. The van der Waals surface area contributed by atoms with Gasteiger partial charge in [0.25, 0.3) is 26.6 Å². The third-order valence-corrected chi connectivity index (χ3v) is 16.7. The zero-order chi connectivity index (χ0) is 41.5. The number of nitrogens with zero attached hydrogens (tertiary/aromatic N) is 4. The van der Waals surface area contributed by atoms with Crippen molar-refractivity contribution in [2.45, 2.75) is 83.8 Å². The minimum absolute atomic E-state index is 0.000109. The van der Waals surface area contributed by atoms with Crippen LogP contribution in [0, 0.1) is 0 Å². The van der Waals surface area contributed by atoms with Gasteiger partial charge in [0.15, 0.2) is 0 Å². The van der Waals surface area contributed by atoms with E-state index >= 15 is 0 Å². The van der Waals surface area contributed by atoms with Crippen molar-refractivity contribution >= 4 is 42.1 Å². The summed E-state index contributed by atoms with van der Waals surface area (Å²) in [5, 5.41) is 6.79. The lowest BCUT2D eigenvalue weighted by Crippen LogP contribution is -2.67. The molecule has 58 heavy (non-hydrogen) atoms. The van der Waals surface area contributed by atoms with Crippen LogP contribution in [-0.2, 0) is 17.4 Å². The maximum atomic E-state index is 14.8. The molecule has 0 spiro atoms. The van der Waals surface area contributed by atoms with Gasteiger partial charge >= 0.3 is 6.61 Å². The van der Waals surface area contributed by atoms with Crippen LogP contribution in [0.4, 0.5) is 17.6 Å². The Bertz CT molecular complexity index is 2230. The predicted octanol–water partition coefficient (Wildman–Crippen LogP) is 9.00. The first-order valence-electron chi connectivity index (χ1n) is 19.2. The summed E-state index contributed by atoms with van der Waals surface area (Å²) in [5.41, 5.74) is 1.89. The van der Waals surface area contributed by atoms with Crippen molar-refractivity contribution in [3.05, 3.63) is 142 Å². The van der Waals surface area contributed by atoms with Crippen LogP contribution in [0.3, 0.4) is 0 Å². The van der Waals surface area contributed by atoms with Crippen LogP contribution < -0.4 is 15.1 Å². The van der Waals surface area contributed by atoms with E-state index in [0.29, 0.717) is 28.9 Å². The fraction of sp³-hybridized carbons (Fsp3) is 0.341. The Morgan fingerprint density at radius 1 is 0.931 bits per heavy atom. The van der Waals surface area contributed by atoms with Gasteiger partial charge in [0, 0.05) is 40.7 Å². The summed E-state index contributed by atoms with van der Waals surface area (Å²) >= 11 is 6.03. The Kier molecular flexibility index (Phi) is 11.6. The molecular formula is C44H45ClF4N4O4Si. The maximum absolute atomic E-state index is 14.8. The smallest absolute Gasteiger partial charge is 0.387 e. The van der Waals surface area contributed by atoms with Crippen molar-refractivity contribution in [1.29, 1.82) is 0 Å². The molecule has 0 N–H and O–H groups in total. The number of hydrogen-bond donors (Lipinski definition) is 0. The first-order chi connectivity index (χ1) is 27.6. The molecule has 2 aliphatic rings. The number of aromatic nitrogens is 2. The van der Waals surface area contributed by atoms with E-state index in [1.165, 1.54) is 24.3 Å².